The number of hydrogen-bond donors (Lipinski definition) is 2. The van der Waals surface area contributed by atoms with Crippen LogP contribution < -0.4 is 5.32 Å². The maximum atomic E-state index is 12.9. The Morgan fingerprint density at radius 3 is 2.69 bits per heavy atom. The van der Waals surface area contributed by atoms with E-state index >= 15 is 0 Å². The highest BCUT2D eigenvalue weighted by molar-refractivity contribution is 8.08. The summed E-state index contributed by atoms with van der Waals surface area (Å²) < 4.78 is 0.551. The van der Waals surface area contributed by atoms with Crippen LogP contribution in [-0.2, 0) is 14.4 Å². The first kappa shape index (κ1) is 20.4. The zero-order chi connectivity index (χ0) is 20.9. The summed E-state index contributed by atoms with van der Waals surface area (Å²) in [5.41, 5.74) is -0.111. The number of carbonyl (C=O) groups excluding carboxylic acids is 2. The van der Waals surface area contributed by atoms with Crippen molar-refractivity contribution in [3.05, 3.63) is 38.0 Å². The third kappa shape index (κ3) is 3.47. The maximum absolute atomic E-state index is 12.9. The summed E-state index contributed by atoms with van der Waals surface area (Å²) in [6.45, 7) is 4.96. The molecule has 1 saturated heterocycles. The lowest BCUT2D eigenvalue weighted by atomic mass is 9.94. The van der Waals surface area contributed by atoms with Crippen molar-refractivity contribution in [1.82, 2.24) is 20.4 Å². The van der Waals surface area contributed by atoms with Crippen LogP contribution in [0.15, 0.2) is 32.5 Å². The van der Waals surface area contributed by atoms with Gasteiger partial charge in [0.1, 0.15) is 26.9 Å². The minimum atomic E-state index is -1.21. The first-order valence-corrected chi connectivity index (χ1v) is 11.9. The number of amides is 2. The molecule has 0 aromatic carbocycles. The van der Waals surface area contributed by atoms with Crippen LogP contribution in [0.4, 0.5) is 0 Å². The summed E-state index contributed by atoms with van der Waals surface area (Å²) in [5.74, 6) is -2.19. The zero-order valence-corrected chi connectivity index (χ0v) is 18.8. The van der Waals surface area contributed by atoms with Gasteiger partial charge in [0.2, 0.25) is 11.8 Å². The normalized spacial score (nSPS) is 26.2. The van der Waals surface area contributed by atoms with E-state index in [1.54, 1.807) is 13.8 Å². The van der Waals surface area contributed by atoms with E-state index in [2.05, 4.69) is 15.5 Å². The molecule has 2 aliphatic heterocycles. The van der Waals surface area contributed by atoms with Gasteiger partial charge in [-0.1, -0.05) is 29.2 Å². The molecular formula is C17H16N4O4S4. The molecule has 4 heterocycles. The molecule has 0 spiro atoms. The maximum Gasteiger partial charge on any atom is 0.353 e. The summed E-state index contributed by atoms with van der Waals surface area (Å²) in [5, 5.41) is 23.1. The molecule has 152 valence electrons. The molecule has 0 bridgehead atoms. The predicted octanol–water partition coefficient (Wildman–Crippen LogP) is 2.85. The van der Waals surface area contributed by atoms with E-state index < -0.39 is 22.1 Å². The van der Waals surface area contributed by atoms with Gasteiger partial charge in [0.05, 0.1) is 4.91 Å². The molecule has 2 N–H and O–H groups in total. The number of β-lactam (4-membered cyclic amide) rings is 1. The number of aliphatic carboxylic acids is 1. The number of thiophene rings is 1. The quantitative estimate of drug-likeness (QED) is 0.644. The molecule has 3 atom stereocenters. The first-order chi connectivity index (χ1) is 13.7. The largest absolute Gasteiger partial charge is 0.477 e. The van der Waals surface area contributed by atoms with Gasteiger partial charge in [-0.05, 0) is 25.3 Å². The van der Waals surface area contributed by atoms with Crippen LogP contribution in [0.3, 0.4) is 0 Å². The van der Waals surface area contributed by atoms with E-state index in [0.29, 0.717) is 9.24 Å². The van der Waals surface area contributed by atoms with E-state index in [0.717, 1.165) is 21.6 Å². The van der Waals surface area contributed by atoms with E-state index in [1.165, 1.54) is 46.3 Å². The summed E-state index contributed by atoms with van der Waals surface area (Å²) in [4.78, 5) is 38.7. The lowest BCUT2D eigenvalue weighted by Crippen LogP contribution is -2.64. The van der Waals surface area contributed by atoms with E-state index in [9.17, 15) is 19.5 Å². The Hall–Kier alpha value is -1.89. The van der Waals surface area contributed by atoms with Crippen LogP contribution >= 0.6 is 46.2 Å². The molecule has 0 saturated carbocycles. The molecule has 2 aromatic rings. The molecule has 2 amide bonds. The SMILES string of the molecule is CC(=O)NC1(C)S[C@@H]2C(c3cccs3)C(=O)N2C(C(=O)O)=C1Sc1nnc(C)s1. The van der Waals surface area contributed by atoms with Crippen molar-refractivity contribution in [2.75, 3.05) is 0 Å². The lowest BCUT2D eigenvalue weighted by molar-refractivity contribution is -0.148. The fraction of sp³-hybridized carbons (Fsp3) is 0.353. The third-order valence-electron chi connectivity index (χ3n) is 4.45. The Bertz CT molecular complexity index is 1030. The van der Waals surface area contributed by atoms with Crippen LogP contribution in [-0.4, -0.2) is 48.2 Å². The lowest BCUT2D eigenvalue weighted by Gasteiger charge is -2.54. The fourth-order valence-corrected chi connectivity index (χ4v) is 8.14. The van der Waals surface area contributed by atoms with Gasteiger partial charge in [-0.15, -0.1) is 33.3 Å². The van der Waals surface area contributed by atoms with Crippen LogP contribution in [0.2, 0.25) is 0 Å². The number of nitrogens with one attached hydrogen (secondary N) is 1. The number of carboxylic acid groups (broad SMARTS) is 1. The number of aromatic nitrogens is 2. The highest BCUT2D eigenvalue weighted by Gasteiger charge is 2.60. The fourth-order valence-electron chi connectivity index (χ4n) is 3.36. The Kier molecular flexibility index (Phi) is 5.21. The molecule has 0 aliphatic carbocycles. The van der Waals surface area contributed by atoms with Gasteiger partial charge in [-0.3, -0.25) is 14.5 Å². The minimum absolute atomic E-state index is 0.111. The smallest absolute Gasteiger partial charge is 0.353 e. The molecule has 12 heteroatoms. The Morgan fingerprint density at radius 2 is 2.14 bits per heavy atom. The van der Waals surface area contributed by atoms with Gasteiger partial charge in [0.25, 0.3) is 0 Å². The summed E-state index contributed by atoms with van der Waals surface area (Å²) in [6.07, 6.45) is 0. The van der Waals surface area contributed by atoms with Crippen molar-refractivity contribution >= 4 is 64.0 Å². The molecule has 29 heavy (non-hydrogen) atoms. The first-order valence-electron chi connectivity index (χ1n) is 8.50. The van der Waals surface area contributed by atoms with Crippen molar-refractivity contribution < 1.29 is 19.5 Å². The molecule has 4 rings (SSSR count). The van der Waals surface area contributed by atoms with Crippen molar-refractivity contribution in [1.29, 1.82) is 0 Å². The molecule has 8 nitrogen and oxygen atoms in total. The van der Waals surface area contributed by atoms with Gasteiger partial charge >= 0.3 is 5.97 Å². The van der Waals surface area contributed by atoms with Crippen LogP contribution in [0.5, 0.6) is 0 Å². The second-order valence-corrected chi connectivity index (χ2v) is 11.5. The highest BCUT2D eigenvalue weighted by Crippen LogP contribution is 2.58. The average molecular weight is 469 g/mol. The Labute approximate surface area is 182 Å². The second kappa shape index (κ2) is 7.42. The van der Waals surface area contributed by atoms with E-state index in [1.807, 2.05) is 17.5 Å². The highest BCUT2D eigenvalue weighted by atomic mass is 32.2. The van der Waals surface area contributed by atoms with Crippen LogP contribution in [0, 0.1) is 6.92 Å². The van der Waals surface area contributed by atoms with Gasteiger partial charge in [0, 0.05) is 11.8 Å². The van der Waals surface area contributed by atoms with E-state index in [-0.39, 0.29) is 17.5 Å². The Morgan fingerprint density at radius 1 is 1.38 bits per heavy atom. The molecule has 2 aromatic heterocycles. The number of hydrogen-bond acceptors (Lipinski definition) is 9. The van der Waals surface area contributed by atoms with Gasteiger partial charge in [0.15, 0.2) is 4.34 Å². The van der Waals surface area contributed by atoms with Gasteiger partial charge in [-0.25, -0.2) is 4.79 Å². The van der Waals surface area contributed by atoms with Gasteiger partial charge < -0.3 is 10.4 Å². The molecule has 1 fully saturated rings. The molecular weight excluding hydrogens is 452 g/mol. The van der Waals surface area contributed by atoms with Crippen molar-refractivity contribution in [2.45, 2.75) is 41.3 Å². The number of fused-ring (bicyclic) bond motifs is 1. The minimum Gasteiger partial charge on any atom is -0.477 e. The number of thioether (sulfide) groups is 2. The number of nitrogens with zero attached hydrogens (tertiary/aromatic N) is 3. The Balaban J connectivity index is 1.82. The standard InChI is InChI=1S/C17H16N4O4S4/c1-7(22)18-17(3)12(28-16-20-19-8(2)27-16)11(15(24)25)21-13(23)10(14(21)29-17)9-5-4-6-26-9/h4-6,10,14H,1-3H3,(H,18,22)(H,24,25)/t10?,14-,17?/m1/s1. The molecule has 2 unspecified atom stereocenters. The number of aryl methyl sites for hydroxylation is 1. The molecule has 2 aliphatic rings. The third-order valence-corrected chi connectivity index (χ3v) is 9.23. The average Bonchev–Trinajstić information content (AvgIpc) is 3.27. The number of carbonyl (C=O) groups is 3. The van der Waals surface area contributed by atoms with Crippen LogP contribution in [0.1, 0.15) is 29.7 Å². The predicted molar refractivity (Wildman–Crippen MR) is 113 cm³/mol. The van der Waals surface area contributed by atoms with E-state index in [4.69, 9.17) is 0 Å². The number of carboxylic acids is 1. The summed E-state index contributed by atoms with van der Waals surface area (Å²) >= 11 is 5.29. The zero-order valence-electron chi connectivity index (χ0n) is 15.5. The summed E-state index contributed by atoms with van der Waals surface area (Å²) in [6, 6.07) is 3.74. The molecule has 0 radical (unpaired) electrons. The van der Waals surface area contributed by atoms with Crippen LogP contribution in [0.25, 0.3) is 0 Å². The van der Waals surface area contributed by atoms with Crippen molar-refractivity contribution in [3.63, 3.8) is 0 Å². The summed E-state index contributed by atoms with van der Waals surface area (Å²) in [7, 11) is 0. The monoisotopic (exact) mass is 468 g/mol. The van der Waals surface area contributed by atoms with Crippen molar-refractivity contribution in [3.8, 4) is 0 Å². The second-order valence-electron chi connectivity index (χ2n) is 6.60. The number of rotatable bonds is 5. The van der Waals surface area contributed by atoms with Crippen molar-refractivity contribution in [2.24, 2.45) is 0 Å². The topological polar surface area (TPSA) is 112 Å². The van der Waals surface area contributed by atoms with Gasteiger partial charge in [-0.2, -0.15) is 0 Å².